The van der Waals surface area contributed by atoms with Crippen LogP contribution >= 0.6 is 0 Å². The summed E-state index contributed by atoms with van der Waals surface area (Å²) in [6, 6.07) is 6.74. The molecule has 1 unspecified atom stereocenters. The molecule has 0 aliphatic carbocycles. The van der Waals surface area contributed by atoms with Gasteiger partial charge in [-0.25, -0.2) is 4.39 Å². The molecule has 0 aliphatic heterocycles. The number of rotatable bonds is 7. The lowest BCUT2D eigenvalue weighted by atomic mass is 9.86. The second-order valence-electron chi connectivity index (χ2n) is 4.59. The van der Waals surface area contributed by atoms with Gasteiger partial charge in [0, 0.05) is 12.1 Å². The molecule has 0 fully saturated rings. The molecular formula is C15H23FN2. The van der Waals surface area contributed by atoms with Gasteiger partial charge in [0.1, 0.15) is 5.82 Å². The minimum absolute atomic E-state index is 0.242. The lowest BCUT2D eigenvalue weighted by Gasteiger charge is -2.34. The predicted molar refractivity (Wildman–Crippen MR) is 74.9 cm³/mol. The van der Waals surface area contributed by atoms with E-state index in [-0.39, 0.29) is 5.82 Å². The predicted octanol–water partition coefficient (Wildman–Crippen LogP) is 2.90. The van der Waals surface area contributed by atoms with Gasteiger partial charge in [-0.1, -0.05) is 38.1 Å². The van der Waals surface area contributed by atoms with Gasteiger partial charge < -0.3 is 10.6 Å². The molecule has 1 aromatic rings. The molecule has 0 saturated heterocycles. The van der Waals surface area contributed by atoms with Gasteiger partial charge in [0.2, 0.25) is 0 Å². The van der Waals surface area contributed by atoms with Gasteiger partial charge in [0.25, 0.3) is 0 Å². The maximum atomic E-state index is 13.9. The van der Waals surface area contributed by atoms with Crippen molar-refractivity contribution in [3.63, 3.8) is 0 Å². The quantitative estimate of drug-likeness (QED) is 0.754. The summed E-state index contributed by atoms with van der Waals surface area (Å²) in [5.74, 6) is -0.242. The zero-order valence-corrected chi connectivity index (χ0v) is 11.3. The van der Waals surface area contributed by atoms with E-state index in [1.807, 2.05) is 6.07 Å². The van der Waals surface area contributed by atoms with Crippen molar-refractivity contribution in [3.05, 3.63) is 48.3 Å². The van der Waals surface area contributed by atoms with Crippen LogP contribution in [-0.2, 0) is 5.54 Å². The first kappa shape index (κ1) is 14.9. The molecule has 0 saturated carbocycles. The Morgan fingerprint density at radius 3 is 2.44 bits per heavy atom. The highest BCUT2D eigenvalue weighted by Crippen LogP contribution is 2.26. The van der Waals surface area contributed by atoms with Crippen molar-refractivity contribution in [3.8, 4) is 0 Å². The van der Waals surface area contributed by atoms with Crippen molar-refractivity contribution in [2.45, 2.75) is 25.8 Å². The lowest BCUT2D eigenvalue weighted by Crippen LogP contribution is -2.48. The van der Waals surface area contributed by atoms with Crippen molar-refractivity contribution >= 4 is 0 Å². The summed E-state index contributed by atoms with van der Waals surface area (Å²) in [5.41, 5.74) is 6.29. The largest absolute Gasteiger partial charge is 0.320 e. The summed E-state index contributed by atoms with van der Waals surface area (Å²) in [7, 11) is 0. The van der Waals surface area contributed by atoms with Gasteiger partial charge in [-0.2, -0.15) is 0 Å². The minimum Gasteiger partial charge on any atom is -0.320 e. The molecule has 2 N–H and O–H groups in total. The third-order valence-electron chi connectivity index (χ3n) is 3.32. The molecule has 0 spiro atoms. The molecule has 2 nitrogen and oxygen atoms in total. The van der Waals surface area contributed by atoms with Crippen LogP contribution in [0.5, 0.6) is 0 Å². The Bertz CT molecular complexity index is 388. The highest BCUT2D eigenvalue weighted by Gasteiger charge is 2.30. The topological polar surface area (TPSA) is 29.3 Å². The molecule has 3 heteroatoms. The van der Waals surface area contributed by atoms with Crippen LogP contribution in [0.15, 0.2) is 36.9 Å². The first-order valence-corrected chi connectivity index (χ1v) is 6.44. The molecule has 0 heterocycles. The summed E-state index contributed by atoms with van der Waals surface area (Å²) < 4.78 is 13.9. The number of nitrogens with zero attached hydrogens (tertiary/aromatic N) is 1. The molecule has 0 bridgehead atoms. The highest BCUT2D eigenvalue weighted by atomic mass is 19.1. The SMILES string of the molecule is C=CCC(N)(CN(CC)CC)c1ccccc1F. The van der Waals surface area contributed by atoms with Gasteiger partial charge in [-0.15, -0.1) is 6.58 Å². The average Bonchev–Trinajstić information content (AvgIpc) is 2.37. The smallest absolute Gasteiger partial charge is 0.128 e. The molecule has 18 heavy (non-hydrogen) atoms. The Balaban J connectivity index is 3.06. The molecule has 0 aliphatic rings. The number of halogens is 1. The van der Waals surface area contributed by atoms with Crippen LogP contribution < -0.4 is 5.73 Å². The Kier molecular flexibility index (Phi) is 5.51. The number of nitrogens with two attached hydrogens (primary N) is 1. The van der Waals surface area contributed by atoms with Gasteiger partial charge in [-0.05, 0) is 25.6 Å². The molecule has 0 radical (unpaired) electrons. The lowest BCUT2D eigenvalue weighted by molar-refractivity contribution is 0.223. The summed E-state index contributed by atoms with van der Waals surface area (Å²) in [4.78, 5) is 2.20. The third-order valence-corrected chi connectivity index (χ3v) is 3.32. The first-order valence-electron chi connectivity index (χ1n) is 6.44. The van der Waals surface area contributed by atoms with Crippen LogP contribution in [0.2, 0.25) is 0 Å². The Labute approximate surface area is 109 Å². The van der Waals surface area contributed by atoms with Crippen LogP contribution in [-0.4, -0.2) is 24.5 Å². The number of benzene rings is 1. The van der Waals surface area contributed by atoms with Crippen molar-refractivity contribution in [1.29, 1.82) is 0 Å². The van der Waals surface area contributed by atoms with E-state index >= 15 is 0 Å². The number of likely N-dealkylation sites (N-methyl/N-ethyl adjacent to an activating group) is 1. The van der Waals surface area contributed by atoms with Gasteiger partial charge in [0.05, 0.1) is 5.54 Å². The minimum atomic E-state index is -0.709. The molecular weight excluding hydrogens is 227 g/mol. The van der Waals surface area contributed by atoms with Crippen LogP contribution in [0.25, 0.3) is 0 Å². The molecule has 1 atom stereocenters. The van der Waals surface area contributed by atoms with Crippen molar-refractivity contribution in [1.82, 2.24) is 4.90 Å². The Morgan fingerprint density at radius 1 is 1.33 bits per heavy atom. The Morgan fingerprint density at radius 2 is 1.94 bits per heavy atom. The third kappa shape index (κ3) is 3.40. The fraction of sp³-hybridized carbons (Fsp3) is 0.467. The monoisotopic (exact) mass is 250 g/mol. The summed E-state index contributed by atoms with van der Waals surface area (Å²) >= 11 is 0. The van der Waals surface area contributed by atoms with Gasteiger partial charge in [-0.3, -0.25) is 0 Å². The molecule has 0 amide bonds. The van der Waals surface area contributed by atoms with Crippen LogP contribution in [0.3, 0.4) is 0 Å². The Hall–Kier alpha value is -1.19. The van der Waals surface area contributed by atoms with E-state index in [1.54, 1.807) is 18.2 Å². The average molecular weight is 250 g/mol. The van der Waals surface area contributed by atoms with E-state index < -0.39 is 5.54 Å². The van der Waals surface area contributed by atoms with Gasteiger partial charge >= 0.3 is 0 Å². The van der Waals surface area contributed by atoms with Crippen molar-refractivity contribution < 1.29 is 4.39 Å². The van der Waals surface area contributed by atoms with E-state index in [9.17, 15) is 4.39 Å². The normalized spacial score (nSPS) is 14.5. The maximum absolute atomic E-state index is 13.9. The van der Waals surface area contributed by atoms with Crippen molar-refractivity contribution in [2.24, 2.45) is 5.73 Å². The van der Waals surface area contributed by atoms with Gasteiger partial charge in [0.15, 0.2) is 0 Å². The molecule has 1 rings (SSSR count). The van der Waals surface area contributed by atoms with E-state index in [4.69, 9.17) is 5.73 Å². The second kappa shape index (κ2) is 6.66. The zero-order valence-electron chi connectivity index (χ0n) is 11.3. The summed E-state index contributed by atoms with van der Waals surface area (Å²) in [5, 5.41) is 0. The first-order chi connectivity index (χ1) is 8.57. The second-order valence-corrected chi connectivity index (χ2v) is 4.59. The summed E-state index contributed by atoms with van der Waals surface area (Å²) in [6.45, 7) is 10.3. The number of hydrogen-bond acceptors (Lipinski definition) is 2. The van der Waals surface area contributed by atoms with E-state index in [1.165, 1.54) is 6.07 Å². The standard InChI is InChI=1S/C15H23FN2/c1-4-11-15(17,12-18(5-2)6-3)13-9-7-8-10-14(13)16/h4,7-10H,1,5-6,11-12,17H2,2-3H3. The number of hydrogen-bond donors (Lipinski definition) is 1. The van der Waals surface area contributed by atoms with E-state index in [2.05, 4.69) is 25.3 Å². The van der Waals surface area contributed by atoms with Crippen LogP contribution in [0.1, 0.15) is 25.8 Å². The van der Waals surface area contributed by atoms with Crippen LogP contribution in [0, 0.1) is 5.82 Å². The fourth-order valence-corrected chi connectivity index (χ4v) is 2.23. The molecule has 100 valence electrons. The molecule has 1 aromatic carbocycles. The zero-order chi connectivity index (χ0) is 13.6. The highest BCUT2D eigenvalue weighted by molar-refractivity contribution is 5.27. The van der Waals surface area contributed by atoms with E-state index in [0.717, 1.165) is 13.1 Å². The van der Waals surface area contributed by atoms with E-state index in [0.29, 0.717) is 18.5 Å². The molecule has 0 aromatic heterocycles. The van der Waals surface area contributed by atoms with Crippen molar-refractivity contribution in [2.75, 3.05) is 19.6 Å². The van der Waals surface area contributed by atoms with Crippen LogP contribution in [0.4, 0.5) is 4.39 Å². The fourth-order valence-electron chi connectivity index (χ4n) is 2.23. The summed E-state index contributed by atoms with van der Waals surface area (Å²) in [6.07, 6.45) is 2.32. The maximum Gasteiger partial charge on any atom is 0.128 e.